The lowest BCUT2D eigenvalue weighted by Gasteiger charge is -2.18. The minimum absolute atomic E-state index is 0.283. The molecule has 20 heavy (non-hydrogen) atoms. The Morgan fingerprint density at radius 3 is 2.60 bits per heavy atom. The Bertz CT molecular complexity index is 548. The van der Waals surface area contributed by atoms with E-state index in [0.29, 0.717) is 6.04 Å². The van der Waals surface area contributed by atoms with Crippen molar-refractivity contribution in [1.82, 2.24) is 15.1 Å². The Kier molecular flexibility index (Phi) is 5.38. The van der Waals surface area contributed by atoms with Gasteiger partial charge in [-0.15, -0.1) is 0 Å². The molecular formula is C16H22BrN3. The fourth-order valence-electron chi connectivity index (χ4n) is 2.28. The van der Waals surface area contributed by atoms with Crippen LogP contribution in [-0.2, 0) is 6.42 Å². The fraction of sp³-hybridized carbons (Fsp3) is 0.438. The number of benzene rings is 1. The molecule has 1 atom stereocenters. The maximum Gasteiger partial charge on any atom is 0.0643 e. The smallest absolute Gasteiger partial charge is 0.0643 e. The van der Waals surface area contributed by atoms with E-state index in [1.807, 2.05) is 10.7 Å². The predicted molar refractivity (Wildman–Crippen MR) is 86.9 cm³/mol. The van der Waals surface area contributed by atoms with Gasteiger partial charge in [0.2, 0.25) is 0 Å². The zero-order valence-electron chi connectivity index (χ0n) is 12.3. The summed E-state index contributed by atoms with van der Waals surface area (Å²) in [5, 5.41) is 8.20. The minimum atomic E-state index is 0.283. The topological polar surface area (TPSA) is 29.9 Å². The molecule has 2 aromatic rings. The van der Waals surface area contributed by atoms with Gasteiger partial charge in [0, 0.05) is 29.2 Å². The standard InChI is InChI=1S/C16H22BrN3/c1-4-18-16(14-7-5-6-8-15(14)17)11-13-9-10-20(19-13)12(2)3/h5-10,12,16,18H,4,11H2,1-3H3. The summed E-state index contributed by atoms with van der Waals surface area (Å²) in [6.07, 6.45) is 2.96. The van der Waals surface area contributed by atoms with Crippen LogP contribution < -0.4 is 5.32 Å². The number of nitrogens with one attached hydrogen (secondary N) is 1. The molecule has 0 aliphatic rings. The van der Waals surface area contributed by atoms with Crippen LogP contribution in [0, 0.1) is 0 Å². The zero-order chi connectivity index (χ0) is 14.5. The van der Waals surface area contributed by atoms with Crippen molar-refractivity contribution < 1.29 is 0 Å². The lowest BCUT2D eigenvalue weighted by atomic mass is 10.0. The van der Waals surface area contributed by atoms with Crippen LogP contribution in [0.1, 0.15) is 44.1 Å². The Balaban J connectivity index is 2.19. The Hall–Kier alpha value is -1.13. The molecule has 0 saturated carbocycles. The lowest BCUT2D eigenvalue weighted by molar-refractivity contribution is 0.506. The van der Waals surface area contributed by atoms with Gasteiger partial charge in [0.15, 0.2) is 0 Å². The van der Waals surface area contributed by atoms with Crippen LogP contribution in [0.2, 0.25) is 0 Å². The van der Waals surface area contributed by atoms with E-state index in [1.54, 1.807) is 0 Å². The van der Waals surface area contributed by atoms with E-state index in [4.69, 9.17) is 0 Å². The number of nitrogens with zero attached hydrogens (tertiary/aromatic N) is 2. The molecule has 0 amide bonds. The highest BCUT2D eigenvalue weighted by molar-refractivity contribution is 9.10. The van der Waals surface area contributed by atoms with Crippen LogP contribution in [0.3, 0.4) is 0 Å². The van der Waals surface area contributed by atoms with Gasteiger partial charge in [-0.3, -0.25) is 4.68 Å². The average molecular weight is 336 g/mol. The van der Waals surface area contributed by atoms with Crippen molar-refractivity contribution in [3.8, 4) is 0 Å². The molecule has 0 bridgehead atoms. The average Bonchev–Trinajstić information content (AvgIpc) is 2.88. The largest absolute Gasteiger partial charge is 0.310 e. The quantitative estimate of drug-likeness (QED) is 0.860. The summed E-state index contributed by atoms with van der Waals surface area (Å²) < 4.78 is 3.16. The Morgan fingerprint density at radius 1 is 1.25 bits per heavy atom. The first-order chi connectivity index (χ1) is 9.61. The molecule has 0 radical (unpaired) electrons. The highest BCUT2D eigenvalue weighted by Crippen LogP contribution is 2.25. The molecule has 4 heteroatoms. The molecule has 0 saturated heterocycles. The molecule has 108 valence electrons. The summed E-state index contributed by atoms with van der Waals surface area (Å²) in [4.78, 5) is 0. The van der Waals surface area contributed by atoms with E-state index in [0.717, 1.165) is 23.1 Å². The molecule has 2 rings (SSSR count). The summed E-state index contributed by atoms with van der Waals surface area (Å²) in [6, 6.07) is 11.2. The van der Waals surface area contributed by atoms with Gasteiger partial charge in [-0.2, -0.15) is 5.10 Å². The third-order valence-electron chi connectivity index (χ3n) is 3.34. The van der Waals surface area contributed by atoms with E-state index in [2.05, 4.69) is 77.6 Å². The van der Waals surface area contributed by atoms with Crippen molar-refractivity contribution in [3.63, 3.8) is 0 Å². The van der Waals surface area contributed by atoms with Crippen LogP contribution in [0.5, 0.6) is 0 Å². The van der Waals surface area contributed by atoms with Gasteiger partial charge in [0.05, 0.1) is 5.69 Å². The number of rotatable bonds is 6. The molecule has 1 aromatic carbocycles. The van der Waals surface area contributed by atoms with Crippen LogP contribution in [0.4, 0.5) is 0 Å². The second kappa shape index (κ2) is 7.04. The van der Waals surface area contributed by atoms with E-state index in [1.165, 1.54) is 5.56 Å². The predicted octanol–water partition coefficient (Wildman–Crippen LogP) is 4.12. The normalized spacial score (nSPS) is 12.8. The van der Waals surface area contributed by atoms with E-state index < -0.39 is 0 Å². The number of hydrogen-bond donors (Lipinski definition) is 1. The molecule has 0 spiro atoms. The molecule has 1 heterocycles. The highest BCUT2D eigenvalue weighted by atomic mass is 79.9. The molecule has 1 unspecified atom stereocenters. The number of likely N-dealkylation sites (N-methyl/N-ethyl adjacent to an activating group) is 1. The second-order valence-electron chi connectivity index (χ2n) is 5.22. The van der Waals surface area contributed by atoms with E-state index in [-0.39, 0.29) is 6.04 Å². The van der Waals surface area contributed by atoms with Crippen molar-refractivity contribution in [2.75, 3.05) is 6.54 Å². The molecule has 0 fully saturated rings. The number of hydrogen-bond acceptors (Lipinski definition) is 2. The fourth-order valence-corrected chi connectivity index (χ4v) is 2.84. The van der Waals surface area contributed by atoms with Crippen molar-refractivity contribution in [1.29, 1.82) is 0 Å². The van der Waals surface area contributed by atoms with E-state index >= 15 is 0 Å². The Morgan fingerprint density at radius 2 is 2.00 bits per heavy atom. The third kappa shape index (κ3) is 3.70. The van der Waals surface area contributed by atoms with Gasteiger partial charge < -0.3 is 5.32 Å². The van der Waals surface area contributed by atoms with Crippen LogP contribution in [0.25, 0.3) is 0 Å². The summed E-state index contributed by atoms with van der Waals surface area (Å²) in [6.45, 7) is 7.37. The van der Waals surface area contributed by atoms with Crippen molar-refractivity contribution in [2.45, 2.75) is 39.3 Å². The SMILES string of the molecule is CCNC(Cc1ccn(C(C)C)n1)c1ccccc1Br. The molecule has 1 aromatic heterocycles. The van der Waals surface area contributed by atoms with Crippen LogP contribution >= 0.6 is 15.9 Å². The summed E-state index contributed by atoms with van der Waals surface area (Å²) in [7, 11) is 0. The number of aromatic nitrogens is 2. The van der Waals surface area contributed by atoms with Gasteiger partial charge in [-0.1, -0.05) is 41.1 Å². The van der Waals surface area contributed by atoms with Gasteiger partial charge in [-0.25, -0.2) is 0 Å². The van der Waals surface area contributed by atoms with E-state index in [9.17, 15) is 0 Å². The number of halogens is 1. The van der Waals surface area contributed by atoms with Gasteiger partial charge >= 0.3 is 0 Å². The van der Waals surface area contributed by atoms with Gasteiger partial charge in [0.25, 0.3) is 0 Å². The lowest BCUT2D eigenvalue weighted by Crippen LogP contribution is -2.23. The molecule has 1 N–H and O–H groups in total. The van der Waals surface area contributed by atoms with Gasteiger partial charge in [-0.05, 0) is 38.1 Å². The van der Waals surface area contributed by atoms with Crippen molar-refractivity contribution >= 4 is 15.9 Å². The van der Waals surface area contributed by atoms with Crippen LogP contribution in [0.15, 0.2) is 41.0 Å². The molecule has 3 nitrogen and oxygen atoms in total. The Labute approximate surface area is 129 Å². The second-order valence-corrected chi connectivity index (χ2v) is 6.07. The monoisotopic (exact) mass is 335 g/mol. The first-order valence-corrected chi connectivity index (χ1v) is 7.93. The first-order valence-electron chi connectivity index (χ1n) is 7.13. The van der Waals surface area contributed by atoms with Crippen molar-refractivity contribution in [3.05, 3.63) is 52.3 Å². The van der Waals surface area contributed by atoms with Crippen molar-refractivity contribution in [2.24, 2.45) is 0 Å². The maximum absolute atomic E-state index is 4.65. The summed E-state index contributed by atoms with van der Waals surface area (Å²) in [5.41, 5.74) is 2.41. The first kappa shape index (κ1) is 15.3. The third-order valence-corrected chi connectivity index (χ3v) is 4.06. The summed E-state index contributed by atoms with van der Waals surface area (Å²) in [5.74, 6) is 0. The zero-order valence-corrected chi connectivity index (χ0v) is 13.9. The van der Waals surface area contributed by atoms with Crippen LogP contribution in [-0.4, -0.2) is 16.3 Å². The summed E-state index contributed by atoms with van der Waals surface area (Å²) >= 11 is 3.64. The highest BCUT2D eigenvalue weighted by Gasteiger charge is 2.15. The molecular weight excluding hydrogens is 314 g/mol. The molecule has 0 aliphatic heterocycles. The maximum atomic E-state index is 4.65. The van der Waals surface area contributed by atoms with Gasteiger partial charge in [0.1, 0.15) is 0 Å². The molecule has 0 aliphatic carbocycles. The minimum Gasteiger partial charge on any atom is -0.310 e.